The van der Waals surface area contributed by atoms with Crippen LogP contribution in [0.25, 0.3) is 0 Å². The lowest BCUT2D eigenvalue weighted by molar-refractivity contribution is 0.227. The Kier molecular flexibility index (Phi) is 2.41. The molecule has 1 aromatic rings. The van der Waals surface area contributed by atoms with Crippen LogP contribution >= 0.6 is 12.2 Å². The highest BCUT2D eigenvalue weighted by atomic mass is 32.1. The molecule has 1 aliphatic heterocycles. The van der Waals surface area contributed by atoms with Crippen LogP contribution in [-0.4, -0.2) is 12.3 Å². The number of thiocarbonyl (C=S) groups is 1. The highest BCUT2D eigenvalue weighted by Gasteiger charge is 2.18. The summed E-state index contributed by atoms with van der Waals surface area (Å²) in [5.74, 6) is 0.797. The van der Waals surface area contributed by atoms with Gasteiger partial charge in [0, 0.05) is 5.56 Å². The lowest BCUT2D eigenvalue weighted by Gasteiger charge is -2.06. The Labute approximate surface area is 86.6 Å². The minimum atomic E-state index is -0.395. The Morgan fingerprint density at radius 1 is 1.36 bits per heavy atom. The zero-order valence-corrected chi connectivity index (χ0v) is 8.32. The fourth-order valence-corrected chi connectivity index (χ4v) is 1.28. The Bertz CT molecular complexity index is 375. The summed E-state index contributed by atoms with van der Waals surface area (Å²) in [6, 6.07) is 7.43. The highest BCUT2D eigenvalue weighted by molar-refractivity contribution is 7.80. The molecule has 0 aliphatic carbocycles. The summed E-state index contributed by atoms with van der Waals surface area (Å²) in [6.45, 7) is 0. The molecule has 0 saturated carbocycles. The van der Waals surface area contributed by atoms with Crippen molar-refractivity contribution in [2.75, 3.05) is 7.11 Å². The fraction of sp³-hybridized carbons (Fsp3) is 0.222. The van der Waals surface area contributed by atoms with Crippen LogP contribution in [0.1, 0.15) is 11.8 Å². The van der Waals surface area contributed by atoms with Crippen molar-refractivity contribution in [2.24, 2.45) is 10.2 Å². The molecule has 1 atom stereocenters. The molecule has 0 amide bonds. The summed E-state index contributed by atoms with van der Waals surface area (Å²) >= 11 is 4.74. The molecular weight excluding hydrogens is 200 g/mol. The quantitative estimate of drug-likeness (QED) is 0.701. The number of rotatable bonds is 2. The average Bonchev–Trinajstić information content (AvgIpc) is 2.65. The molecule has 2 rings (SSSR count). The number of hydrogen-bond acceptors (Lipinski definition) is 4. The van der Waals surface area contributed by atoms with Crippen LogP contribution in [-0.2, 0) is 4.74 Å². The SMILES string of the molecule is COc1ccc(C2N=NC(=S)O2)cc1. The van der Waals surface area contributed by atoms with Gasteiger partial charge in [0.05, 0.1) is 7.11 Å². The van der Waals surface area contributed by atoms with E-state index in [1.807, 2.05) is 24.3 Å². The zero-order chi connectivity index (χ0) is 9.97. The molecule has 5 heteroatoms. The minimum absolute atomic E-state index is 0.186. The minimum Gasteiger partial charge on any atom is -0.497 e. The van der Waals surface area contributed by atoms with Crippen molar-refractivity contribution >= 4 is 17.4 Å². The van der Waals surface area contributed by atoms with E-state index in [-0.39, 0.29) is 5.17 Å². The molecule has 1 heterocycles. The van der Waals surface area contributed by atoms with Crippen LogP contribution in [0.3, 0.4) is 0 Å². The zero-order valence-electron chi connectivity index (χ0n) is 7.51. The standard InChI is InChI=1S/C9H8N2O2S/c1-12-7-4-2-6(3-5-7)8-10-11-9(14)13-8/h2-5,8H,1H3. The van der Waals surface area contributed by atoms with E-state index < -0.39 is 6.23 Å². The average molecular weight is 208 g/mol. The predicted molar refractivity (Wildman–Crippen MR) is 54.3 cm³/mol. The third-order valence-electron chi connectivity index (χ3n) is 1.86. The van der Waals surface area contributed by atoms with Gasteiger partial charge in [0.2, 0.25) is 6.23 Å². The lowest BCUT2D eigenvalue weighted by atomic mass is 10.2. The first kappa shape index (κ1) is 9.08. The van der Waals surface area contributed by atoms with E-state index in [4.69, 9.17) is 21.7 Å². The molecule has 0 bridgehead atoms. The Balaban J connectivity index is 2.17. The van der Waals surface area contributed by atoms with E-state index >= 15 is 0 Å². The van der Waals surface area contributed by atoms with E-state index in [1.165, 1.54) is 0 Å². The normalized spacial score (nSPS) is 19.5. The van der Waals surface area contributed by atoms with Gasteiger partial charge in [-0.2, -0.15) is 0 Å². The van der Waals surface area contributed by atoms with Gasteiger partial charge in [0.15, 0.2) is 0 Å². The molecule has 0 radical (unpaired) electrons. The Morgan fingerprint density at radius 3 is 2.57 bits per heavy atom. The molecular formula is C9H8N2O2S. The van der Waals surface area contributed by atoms with Crippen molar-refractivity contribution in [1.29, 1.82) is 0 Å². The molecule has 0 spiro atoms. The van der Waals surface area contributed by atoms with Gasteiger partial charge in [-0.25, -0.2) is 0 Å². The summed E-state index contributed by atoms with van der Waals surface area (Å²) < 4.78 is 10.2. The van der Waals surface area contributed by atoms with Gasteiger partial charge in [0.25, 0.3) is 0 Å². The van der Waals surface area contributed by atoms with Crippen molar-refractivity contribution < 1.29 is 9.47 Å². The van der Waals surface area contributed by atoms with E-state index in [0.29, 0.717) is 0 Å². The second-order valence-corrected chi connectivity index (χ2v) is 3.07. The van der Waals surface area contributed by atoms with Gasteiger partial charge in [-0.3, -0.25) is 0 Å². The maximum Gasteiger partial charge on any atom is 0.304 e. The molecule has 0 saturated heterocycles. The monoisotopic (exact) mass is 208 g/mol. The molecule has 14 heavy (non-hydrogen) atoms. The van der Waals surface area contributed by atoms with Crippen LogP contribution in [0.4, 0.5) is 0 Å². The highest BCUT2D eigenvalue weighted by Crippen LogP contribution is 2.26. The third kappa shape index (κ3) is 1.72. The fourth-order valence-electron chi connectivity index (χ4n) is 1.15. The molecule has 72 valence electrons. The number of azo groups is 1. The van der Waals surface area contributed by atoms with Crippen LogP contribution in [0.2, 0.25) is 0 Å². The molecule has 0 aromatic heterocycles. The van der Waals surface area contributed by atoms with Gasteiger partial charge in [0.1, 0.15) is 5.75 Å². The van der Waals surface area contributed by atoms with E-state index in [1.54, 1.807) is 7.11 Å². The maximum atomic E-state index is 5.18. The number of nitrogens with zero attached hydrogens (tertiary/aromatic N) is 2. The predicted octanol–water partition coefficient (Wildman–Crippen LogP) is 2.46. The first-order valence-electron chi connectivity index (χ1n) is 4.05. The first-order chi connectivity index (χ1) is 6.79. The lowest BCUT2D eigenvalue weighted by Crippen LogP contribution is -1.97. The molecule has 1 aliphatic rings. The molecule has 0 fully saturated rings. The van der Waals surface area contributed by atoms with E-state index in [0.717, 1.165) is 11.3 Å². The summed E-state index contributed by atoms with van der Waals surface area (Å²) in [7, 11) is 1.62. The van der Waals surface area contributed by atoms with Crippen LogP contribution in [0.15, 0.2) is 34.5 Å². The molecule has 4 nitrogen and oxygen atoms in total. The smallest absolute Gasteiger partial charge is 0.304 e. The largest absolute Gasteiger partial charge is 0.497 e. The van der Waals surface area contributed by atoms with Gasteiger partial charge in [-0.1, -0.05) is 0 Å². The molecule has 0 N–H and O–H groups in total. The van der Waals surface area contributed by atoms with Crippen molar-refractivity contribution in [1.82, 2.24) is 0 Å². The van der Waals surface area contributed by atoms with Gasteiger partial charge >= 0.3 is 5.17 Å². The second kappa shape index (κ2) is 3.71. The number of hydrogen-bond donors (Lipinski definition) is 0. The summed E-state index contributed by atoms with van der Waals surface area (Å²) in [5.41, 5.74) is 0.911. The van der Waals surface area contributed by atoms with E-state index in [2.05, 4.69) is 10.2 Å². The Morgan fingerprint density at radius 2 is 2.07 bits per heavy atom. The maximum absolute atomic E-state index is 5.18. The summed E-state index contributed by atoms with van der Waals surface area (Å²) in [4.78, 5) is 0. The summed E-state index contributed by atoms with van der Waals surface area (Å²) in [5, 5.41) is 7.69. The van der Waals surface area contributed by atoms with Crippen LogP contribution in [0.5, 0.6) is 5.75 Å². The number of methoxy groups -OCH3 is 1. The van der Waals surface area contributed by atoms with Crippen LogP contribution in [0, 0.1) is 0 Å². The Hall–Kier alpha value is -1.49. The summed E-state index contributed by atoms with van der Waals surface area (Å²) in [6.07, 6.45) is -0.395. The van der Waals surface area contributed by atoms with Crippen molar-refractivity contribution in [3.63, 3.8) is 0 Å². The van der Waals surface area contributed by atoms with Gasteiger partial charge in [-0.05, 0) is 36.5 Å². The number of ether oxygens (including phenoxy) is 2. The van der Waals surface area contributed by atoms with Crippen molar-refractivity contribution in [3.8, 4) is 5.75 Å². The van der Waals surface area contributed by atoms with Crippen molar-refractivity contribution in [3.05, 3.63) is 29.8 Å². The topological polar surface area (TPSA) is 43.2 Å². The third-order valence-corrected chi connectivity index (χ3v) is 2.04. The van der Waals surface area contributed by atoms with Gasteiger partial charge in [-0.15, -0.1) is 10.2 Å². The van der Waals surface area contributed by atoms with E-state index in [9.17, 15) is 0 Å². The van der Waals surface area contributed by atoms with Gasteiger partial charge < -0.3 is 9.47 Å². The number of benzene rings is 1. The second-order valence-electron chi connectivity index (χ2n) is 2.72. The molecule has 1 aromatic carbocycles. The first-order valence-corrected chi connectivity index (χ1v) is 4.46. The molecule has 1 unspecified atom stereocenters. The van der Waals surface area contributed by atoms with Crippen molar-refractivity contribution in [2.45, 2.75) is 6.23 Å². The van der Waals surface area contributed by atoms with Crippen LogP contribution < -0.4 is 4.74 Å².